The average Bonchev–Trinajstić information content (AvgIpc) is 1.81. The molecule has 0 aromatic carbocycles. The van der Waals surface area contributed by atoms with Gasteiger partial charge >= 0.3 is 0 Å². The highest BCUT2D eigenvalue weighted by Gasteiger charge is 2.19. The molecule has 0 aromatic heterocycles. The predicted octanol–water partition coefficient (Wildman–Crippen LogP) is 2.05. The Morgan fingerprint density at radius 1 is 1.40 bits per heavy atom. The summed E-state index contributed by atoms with van der Waals surface area (Å²) in [6.07, 6.45) is -0.228. The summed E-state index contributed by atoms with van der Waals surface area (Å²) >= 11 is 5.55. The molecule has 0 saturated carbocycles. The Kier molecular flexibility index (Phi) is 4.52. The van der Waals surface area contributed by atoms with Crippen LogP contribution in [0.15, 0.2) is 0 Å². The second-order valence-corrected chi connectivity index (χ2v) is 7.82. The van der Waals surface area contributed by atoms with Gasteiger partial charge in [-0.2, -0.15) is 0 Å². The van der Waals surface area contributed by atoms with Crippen molar-refractivity contribution in [2.75, 3.05) is 13.0 Å². The molecule has 0 aromatic rings. The first-order chi connectivity index (χ1) is 4.49. The second-order valence-electron chi connectivity index (χ2n) is 3.05. The minimum atomic E-state index is -1.47. The lowest BCUT2D eigenvalue weighted by atomic mass is 10.8. The van der Waals surface area contributed by atoms with E-state index in [2.05, 4.69) is 19.6 Å². The van der Waals surface area contributed by atoms with E-state index in [1.54, 1.807) is 7.11 Å². The van der Waals surface area contributed by atoms with E-state index < -0.39 is 8.32 Å². The summed E-state index contributed by atoms with van der Waals surface area (Å²) < 4.78 is 10.5. The molecule has 10 heavy (non-hydrogen) atoms. The molecule has 0 aliphatic rings. The summed E-state index contributed by atoms with van der Waals surface area (Å²) in [5.41, 5.74) is 0. The van der Waals surface area contributed by atoms with Crippen molar-refractivity contribution in [2.45, 2.75) is 25.9 Å². The molecule has 62 valence electrons. The molecule has 0 radical (unpaired) electrons. The predicted molar refractivity (Wildman–Crippen MR) is 45.9 cm³/mol. The monoisotopic (exact) mass is 182 g/mol. The van der Waals surface area contributed by atoms with Crippen LogP contribution < -0.4 is 0 Å². The van der Waals surface area contributed by atoms with Crippen LogP contribution in [0.5, 0.6) is 0 Å². The zero-order valence-electron chi connectivity index (χ0n) is 6.98. The van der Waals surface area contributed by atoms with Crippen LogP contribution in [0.3, 0.4) is 0 Å². The molecule has 0 bridgehead atoms. The molecular formula is C6H15ClO2Si. The summed E-state index contributed by atoms with van der Waals surface area (Å²) in [6, 6.07) is 0. The Balaban J connectivity index is 3.63. The van der Waals surface area contributed by atoms with Crippen LogP contribution in [0.1, 0.15) is 0 Å². The summed E-state index contributed by atoms with van der Waals surface area (Å²) in [5.74, 6) is 0.404. The third kappa shape index (κ3) is 5.23. The van der Waals surface area contributed by atoms with Crippen molar-refractivity contribution in [3.8, 4) is 0 Å². The fourth-order valence-corrected chi connectivity index (χ4v) is 1.80. The smallest absolute Gasteiger partial charge is 0.187 e. The normalized spacial score (nSPS) is 15.3. The van der Waals surface area contributed by atoms with Gasteiger partial charge in [0.1, 0.15) is 0 Å². The Morgan fingerprint density at radius 3 is 2.00 bits per heavy atom. The van der Waals surface area contributed by atoms with Crippen molar-refractivity contribution in [2.24, 2.45) is 0 Å². The van der Waals surface area contributed by atoms with Gasteiger partial charge in [0.25, 0.3) is 0 Å². The van der Waals surface area contributed by atoms with Crippen molar-refractivity contribution in [1.82, 2.24) is 0 Å². The number of hydrogen-bond donors (Lipinski definition) is 0. The SMILES string of the molecule is COC(CCl)O[Si](C)(C)C. The maximum Gasteiger partial charge on any atom is 0.187 e. The minimum absolute atomic E-state index is 0.228. The van der Waals surface area contributed by atoms with Crippen LogP contribution in [-0.2, 0) is 9.16 Å². The van der Waals surface area contributed by atoms with Gasteiger partial charge in [0.2, 0.25) is 0 Å². The highest BCUT2D eigenvalue weighted by Crippen LogP contribution is 2.08. The number of ether oxygens (including phenoxy) is 1. The molecule has 2 nitrogen and oxygen atoms in total. The largest absolute Gasteiger partial charge is 0.392 e. The van der Waals surface area contributed by atoms with Crippen LogP contribution in [-0.4, -0.2) is 27.6 Å². The average molecular weight is 183 g/mol. The van der Waals surface area contributed by atoms with Crippen molar-refractivity contribution in [3.63, 3.8) is 0 Å². The lowest BCUT2D eigenvalue weighted by Crippen LogP contribution is -2.33. The maximum absolute atomic E-state index is 5.55. The van der Waals surface area contributed by atoms with E-state index in [0.29, 0.717) is 5.88 Å². The van der Waals surface area contributed by atoms with E-state index in [1.807, 2.05) is 0 Å². The van der Waals surface area contributed by atoms with Crippen molar-refractivity contribution in [3.05, 3.63) is 0 Å². The lowest BCUT2D eigenvalue weighted by Gasteiger charge is -2.23. The molecule has 0 N–H and O–H groups in total. The van der Waals surface area contributed by atoms with Gasteiger partial charge in [-0.15, -0.1) is 11.6 Å². The summed E-state index contributed by atoms with van der Waals surface area (Å²) in [5, 5.41) is 0. The van der Waals surface area contributed by atoms with Gasteiger partial charge in [-0.25, -0.2) is 0 Å². The highest BCUT2D eigenvalue weighted by molar-refractivity contribution is 6.69. The first kappa shape index (κ1) is 10.4. The maximum atomic E-state index is 5.55. The van der Waals surface area contributed by atoms with Gasteiger partial charge < -0.3 is 9.16 Å². The van der Waals surface area contributed by atoms with E-state index in [4.69, 9.17) is 20.8 Å². The first-order valence-corrected chi connectivity index (χ1v) is 7.20. The third-order valence-corrected chi connectivity index (χ3v) is 2.10. The Hall–Kier alpha value is 0.427. The van der Waals surface area contributed by atoms with Crippen molar-refractivity contribution < 1.29 is 9.16 Å². The molecule has 1 unspecified atom stereocenters. The Labute approximate surface area is 68.6 Å². The van der Waals surface area contributed by atoms with E-state index in [9.17, 15) is 0 Å². The number of rotatable bonds is 4. The molecule has 0 aliphatic carbocycles. The van der Waals surface area contributed by atoms with Gasteiger partial charge in [-0.05, 0) is 19.6 Å². The number of halogens is 1. The summed E-state index contributed by atoms with van der Waals surface area (Å²) in [7, 11) is 0.133. The molecule has 0 heterocycles. The summed E-state index contributed by atoms with van der Waals surface area (Å²) in [4.78, 5) is 0. The molecule has 0 fully saturated rings. The van der Waals surface area contributed by atoms with E-state index in [-0.39, 0.29) is 6.29 Å². The van der Waals surface area contributed by atoms with Crippen molar-refractivity contribution >= 4 is 19.9 Å². The molecule has 4 heteroatoms. The van der Waals surface area contributed by atoms with E-state index in [0.717, 1.165) is 0 Å². The first-order valence-electron chi connectivity index (χ1n) is 3.26. The Bertz CT molecular complexity index is 88.2. The fraction of sp³-hybridized carbons (Fsp3) is 1.00. The quantitative estimate of drug-likeness (QED) is 0.377. The standard InChI is InChI=1S/C6H15ClO2Si/c1-8-6(5-7)9-10(2,3)4/h6H,5H2,1-4H3. The highest BCUT2D eigenvalue weighted by atomic mass is 35.5. The topological polar surface area (TPSA) is 18.5 Å². The zero-order valence-corrected chi connectivity index (χ0v) is 8.73. The molecule has 0 spiro atoms. The Morgan fingerprint density at radius 2 is 1.90 bits per heavy atom. The molecule has 0 saturated heterocycles. The van der Waals surface area contributed by atoms with Crippen LogP contribution >= 0.6 is 11.6 Å². The fourth-order valence-electron chi connectivity index (χ4n) is 0.537. The van der Waals surface area contributed by atoms with E-state index in [1.165, 1.54) is 0 Å². The van der Waals surface area contributed by atoms with Crippen LogP contribution in [0.25, 0.3) is 0 Å². The molecule has 0 rings (SSSR count). The van der Waals surface area contributed by atoms with E-state index >= 15 is 0 Å². The van der Waals surface area contributed by atoms with Gasteiger partial charge in [0, 0.05) is 7.11 Å². The zero-order chi connectivity index (χ0) is 8.20. The van der Waals surface area contributed by atoms with Gasteiger partial charge in [0.15, 0.2) is 14.6 Å². The lowest BCUT2D eigenvalue weighted by molar-refractivity contribution is -0.0413. The number of hydrogen-bond acceptors (Lipinski definition) is 2. The summed E-state index contributed by atoms with van der Waals surface area (Å²) in [6.45, 7) is 6.31. The molecule has 0 aliphatic heterocycles. The van der Waals surface area contributed by atoms with Crippen LogP contribution in [0, 0.1) is 0 Å². The van der Waals surface area contributed by atoms with Crippen molar-refractivity contribution in [1.29, 1.82) is 0 Å². The van der Waals surface area contributed by atoms with Gasteiger partial charge in [-0.3, -0.25) is 0 Å². The van der Waals surface area contributed by atoms with Crippen LogP contribution in [0.2, 0.25) is 19.6 Å². The van der Waals surface area contributed by atoms with Gasteiger partial charge in [-0.1, -0.05) is 0 Å². The number of methoxy groups -OCH3 is 1. The molecule has 0 amide bonds. The molecular weight excluding hydrogens is 168 g/mol. The number of alkyl halides is 1. The van der Waals surface area contributed by atoms with Gasteiger partial charge in [0.05, 0.1) is 5.88 Å². The third-order valence-electron chi connectivity index (χ3n) is 0.874. The minimum Gasteiger partial charge on any atom is -0.392 e. The molecule has 1 atom stereocenters. The van der Waals surface area contributed by atoms with Crippen LogP contribution in [0.4, 0.5) is 0 Å². The second kappa shape index (κ2) is 4.33.